The number of hydrogen-bond donors (Lipinski definition) is 2. The third-order valence-corrected chi connectivity index (χ3v) is 3.18. The van der Waals surface area contributed by atoms with Crippen molar-refractivity contribution in [2.45, 2.75) is 12.5 Å². The molecule has 0 aliphatic heterocycles. The lowest BCUT2D eigenvalue weighted by atomic mass is 10.2. The number of nitrogens with one attached hydrogen (secondary N) is 1. The maximum atomic E-state index is 6.00. The molecule has 0 radical (unpaired) electrons. The first-order valence-electron chi connectivity index (χ1n) is 5.28. The van der Waals surface area contributed by atoms with Crippen molar-refractivity contribution in [2.24, 2.45) is 5.73 Å². The lowest BCUT2D eigenvalue weighted by Gasteiger charge is -2.03. The Morgan fingerprint density at radius 3 is 3.06 bits per heavy atom. The highest BCUT2D eigenvalue weighted by Gasteiger charge is 2.17. The summed E-state index contributed by atoms with van der Waals surface area (Å²) < 4.78 is 5.16. The van der Waals surface area contributed by atoms with Crippen LogP contribution < -0.4 is 5.73 Å². The molecule has 18 heavy (non-hydrogen) atoms. The molecule has 0 aliphatic rings. The van der Waals surface area contributed by atoms with Gasteiger partial charge in [0, 0.05) is 24.5 Å². The van der Waals surface area contributed by atoms with Gasteiger partial charge in [-0.15, -0.1) is 11.3 Å². The molecule has 1 unspecified atom stereocenters. The standard InChI is InChI=1S/C10H10N6OS/c11-7(1-6-2-12-4-14-6)10-15-9(16-17-10)8-3-13-5-18-8/h2-5,7H,1,11H2,(H,12,14). The van der Waals surface area contributed by atoms with Gasteiger partial charge < -0.3 is 15.2 Å². The number of nitrogens with two attached hydrogens (primary N) is 1. The van der Waals surface area contributed by atoms with Crippen LogP contribution in [0.1, 0.15) is 17.6 Å². The Morgan fingerprint density at radius 1 is 1.39 bits per heavy atom. The van der Waals surface area contributed by atoms with E-state index in [1.165, 1.54) is 11.3 Å². The molecule has 0 aromatic carbocycles. The molecular weight excluding hydrogens is 252 g/mol. The summed E-state index contributed by atoms with van der Waals surface area (Å²) in [6.07, 6.45) is 5.60. The van der Waals surface area contributed by atoms with Crippen molar-refractivity contribution < 1.29 is 4.52 Å². The summed E-state index contributed by atoms with van der Waals surface area (Å²) in [6.45, 7) is 0. The summed E-state index contributed by atoms with van der Waals surface area (Å²) >= 11 is 1.45. The van der Waals surface area contributed by atoms with E-state index in [9.17, 15) is 0 Å². The molecule has 1 atom stereocenters. The average molecular weight is 262 g/mol. The summed E-state index contributed by atoms with van der Waals surface area (Å²) in [6, 6.07) is -0.348. The van der Waals surface area contributed by atoms with Crippen molar-refractivity contribution in [1.82, 2.24) is 25.1 Å². The molecule has 0 fully saturated rings. The van der Waals surface area contributed by atoms with E-state index < -0.39 is 0 Å². The van der Waals surface area contributed by atoms with E-state index in [4.69, 9.17) is 10.3 Å². The topological polar surface area (TPSA) is 107 Å². The van der Waals surface area contributed by atoms with E-state index in [2.05, 4.69) is 25.1 Å². The molecule has 0 aliphatic carbocycles. The molecule has 8 heteroatoms. The van der Waals surface area contributed by atoms with E-state index in [1.54, 1.807) is 24.2 Å². The molecule has 0 amide bonds. The predicted molar refractivity (Wildman–Crippen MR) is 64.6 cm³/mol. The Labute approximate surface area is 106 Å². The quantitative estimate of drug-likeness (QED) is 0.730. The number of thiazole rings is 1. The number of rotatable bonds is 4. The highest BCUT2D eigenvalue weighted by Crippen LogP contribution is 2.22. The van der Waals surface area contributed by atoms with Crippen molar-refractivity contribution in [1.29, 1.82) is 0 Å². The summed E-state index contributed by atoms with van der Waals surface area (Å²) in [5.41, 5.74) is 8.65. The van der Waals surface area contributed by atoms with Gasteiger partial charge in [0.05, 0.1) is 22.8 Å². The molecular formula is C10H10N6OS. The van der Waals surface area contributed by atoms with Crippen LogP contribution in [0, 0.1) is 0 Å². The number of hydrogen-bond acceptors (Lipinski definition) is 7. The second-order valence-electron chi connectivity index (χ2n) is 3.71. The lowest BCUT2D eigenvalue weighted by molar-refractivity contribution is 0.354. The Bertz CT molecular complexity index is 602. The number of nitrogens with zero attached hydrogens (tertiary/aromatic N) is 4. The van der Waals surface area contributed by atoms with E-state index in [1.807, 2.05) is 0 Å². The fraction of sp³-hybridized carbons (Fsp3) is 0.200. The summed E-state index contributed by atoms with van der Waals surface area (Å²) in [5, 5.41) is 3.89. The van der Waals surface area contributed by atoms with Crippen LogP contribution in [0.25, 0.3) is 10.7 Å². The Morgan fingerprint density at radius 2 is 2.33 bits per heavy atom. The largest absolute Gasteiger partial charge is 0.348 e. The first kappa shape index (κ1) is 11.1. The van der Waals surface area contributed by atoms with Crippen LogP contribution in [0.5, 0.6) is 0 Å². The van der Waals surface area contributed by atoms with Crippen LogP contribution >= 0.6 is 11.3 Å². The molecule has 0 bridgehead atoms. The molecule has 0 spiro atoms. The van der Waals surface area contributed by atoms with Gasteiger partial charge in [0.25, 0.3) is 0 Å². The number of aromatic nitrogens is 5. The minimum Gasteiger partial charge on any atom is -0.348 e. The molecule has 3 aromatic heterocycles. The Kier molecular flexibility index (Phi) is 2.87. The molecule has 3 N–H and O–H groups in total. The van der Waals surface area contributed by atoms with Crippen molar-refractivity contribution in [3.05, 3.63) is 35.8 Å². The van der Waals surface area contributed by atoms with Crippen molar-refractivity contribution >= 4 is 11.3 Å². The zero-order valence-corrected chi connectivity index (χ0v) is 10.1. The minimum atomic E-state index is -0.348. The predicted octanol–water partition coefficient (Wildman–Crippen LogP) is 1.16. The molecule has 3 aromatic rings. The van der Waals surface area contributed by atoms with Crippen molar-refractivity contribution in [3.8, 4) is 10.7 Å². The maximum Gasteiger partial charge on any atom is 0.244 e. The van der Waals surface area contributed by atoms with Gasteiger partial charge in [0.15, 0.2) is 0 Å². The highest BCUT2D eigenvalue weighted by atomic mass is 32.1. The molecule has 7 nitrogen and oxygen atoms in total. The van der Waals surface area contributed by atoms with Gasteiger partial charge in [-0.3, -0.25) is 4.98 Å². The normalized spacial score (nSPS) is 12.7. The minimum absolute atomic E-state index is 0.348. The zero-order valence-electron chi connectivity index (χ0n) is 9.28. The second kappa shape index (κ2) is 4.67. The van der Waals surface area contributed by atoms with E-state index >= 15 is 0 Å². The SMILES string of the molecule is NC(Cc1cnc[nH]1)c1nc(-c2cncs2)no1. The van der Waals surface area contributed by atoms with Crippen molar-refractivity contribution in [2.75, 3.05) is 0 Å². The van der Waals surface area contributed by atoms with Gasteiger partial charge in [-0.05, 0) is 0 Å². The fourth-order valence-electron chi connectivity index (χ4n) is 1.53. The zero-order chi connectivity index (χ0) is 12.4. The molecule has 0 saturated heterocycles. The van der Waals surface area contributed by atoms with Crippen LogP contribution in [0.3, 0.4) is 0 Å². The van der Waals surface area contributed by atoms with Crippen LogP contribution in [-0.2, 0) is 6.42 Å². The van der Waals surface area contributed by atoms with Crippen molar-refractivity contribution in [3.63, 3.8) is 0 Å². The van der Waals surface area contributed by atoms with Gasteiger partial charge in [0.1, 0.15) is 0 Å². The third-order valence-electron chi connectivity index (χ3n) is 2.41. The maximum absolute atomic E-state index is 6.00. The fourth-order valence-corrected chi connectivity index (χ4v) is 2.08. The Hall–Kier alpha value is -2.06. The van der Waals surface area contributed by atoms with E-state index in [0.717, 1.165) is 10.6 Å². The second-order valence-corrected chi connectivity index (χ2v) is 4.60. The van der Waals surface area contributed by atoms with Gasteiger partial charge in [0.2, 0.25) is 11.7 Å². The first-order valence-corrected chi connectivity index (χ1v) is 6.16. The summed E-state index contributed by atoms with van der Waals surface area (Å²) in [7, 11) is 0. The summed E-state index contributed by atoms with van der Waals surface area (Å²) in [4.78, 5) is 16.0. The highest BCUT2D eigenvalue weighted by molar-refractivity contribution is 7.13. The first-order chi connectivity index (χ1) is 8.83. The number of aromatic amines is 1. The van der Waals surface area contributed by atoms with Gasteiger partial charge in [-0.2, -0.15) is 4.98 Å². The van der Waals surface area contributed by atoms with Gasteiger partial charge in [-0.25, -0.2) is 4.98 Å². The molecule has 3 heterocycles. The molecule has 3 rings (SSSR count). The molecule has 0 saturated carbocycles. The third kappa shape index (κ3) is 2.15. The number of H-pyrrole nitrogens is 1. The van der Waals surface area contributed by atoms with E-state index in [0.29, 0.717) is 18.1 Å². The molecule has 92 valence electrons. The van der Waals surface area contributed by atoms with Crippen LogP contribution in [0.2, 0.25) is 0 Å². The average Bonchev–Trinajstić information content (AvgIpc) is 3.11. The van der Waals surface area contributed by atoms with Gasteiger partial charge in [-0.1, -0.05) is 5.16 Å². The lowest BCUT2D eigenvalue weighted by Crippen LogP contribution is -2.13. The summed E-state index contributed by atoms with van der Waals surface area (Å²) in [5.74, 6) is 0.931. The monoisotopic (exact) mass is 262 g/mol. The van der Waals surface area contributed by atoms with Crippen LogP contribution in [-0.4, -0.2) is 25.1 Å². The van der Waals surface area contributed by atoms with Crippen LogP contribution in [0.15, 0.2) is 28.8 Å². The van der Waals surface area contributed by atoms with E-state index in [-0.39, 0.29) is 6.04 Å². The number of imidazole rings is 1. The smallest absolute Gasteiger partial charge is 0.244 e. The Balaban J connectivity index is 1.77. The van der Waals surface area contributed by atoms with Crippen LogP contribution in [0.4, 0.5) is 0 Å². The van der Waals surface area contributed by atoms with Gasteiger partial charge >= 0.3 is 0 Å².